The fourth-order valence-electron chi connectivity index (χ4n) is 2.14. The molecule has 24 heavy (non-hydrogen) atoms. The number of carbonyl (C=O) groups excluding carboxylic acids is 2. The van der Waals surface area contributed by atoms with Gasteiger partial charge in [0.2, 0.25) is 0 Å². The van der Waals surface area contributed by atoms with E-state index in [1.165, 1.54) is 25.3 Å². The molecule has 2 rings (SSSR count). The van der Waals surface area contributed by atoms with Crippen molar-refractivity contribution in [2.45, 2.75) is 12.5 Å². The molecule has 0 saturated heterocycles. The molecule has 2 aromatic carbocycles. The van der Waals surface area contributed by atoms with Gasteiger partial charge < -0.3 is 10.1 Å². The normalized spacial score (nSPS) is 11.7. The summed E-state index contributed by atoms with van der Waals surface area (Å²) in [6.07, 6.45) is 0.0479. The fourth-order valence-corrected chi connectivity index (χ4v) is 2.69. The van der Waals surface area contributed by atoms with Crippen LogP contribution in [0.15, 0.2) is 42.5 Å². The summed E-state index contributed by atoms with van der Waals surface area (Å²) in [5, 5.41) is 3.26. The van der Waals surface area contributed by atoms with Gasteiger partial charge in [-0.05, 0) is 35.9 Å². The summed E-state index contributed by atoms with van der Waals surface area (Å²) in [6.45, 7) is 0. The minimum Gasteiger partial charge on any atom is -0.467 e. The number of benzene rings is 2. The van der Waals surface area contributed by atoms with E-state index >= 15 is 0 Å². The van der Waals surface area contributed by atoms with Gasteiger partial charge in [-0.15, -0.1) is 0 Å². The SMILES string of the molecule is COC(=O)[C@@H](Cc1c(Cl)cccc1Cl)NC(=O)c1cccc(F)c1. The Kier molecular flexibility index (Phi) is 6.17. The quantitative estimate of drug-likeness (QED) is 0.818. The van der Waals surface area contributed by atoms with Crippen LogP contribution in [-0.4, -0.2) is 25.0 Å². The molecule has 0 aromatic heterocycles. The Morgan fingerprint density at radius 3 is 2.38 bits per heavy atom. The average Bonchev–Trinajstić information content (AvgIpc) is 2.56. The van der Waals surface area contributed by atoms with Crippen molar-refractivity contribution in [3.8, 4) is 0 Å². The zero-order valence-corrected chi connectivity index (χ0v) is 14.2. The Morgan fingerprint density at radius 2 is 1.79 bits per heavy atom. The van der Waals surface area contributed by atoms with E-state index in [4.69, 9.17) is 27.9 Å². The van der Waals surface area contributed by atoms with E-state index in [1.807, 2.05) is 0 Å². The lowest BCUT2D eigenvalue weighted by molar-refractivity contribution is -0.142. The molecule has 0 aliphatic heterocycles. The molecule has 7 heteroatoms. The summed E-state index contributed by atoms with van der Waals surface area (Å²) < 4.78 is 17.9. The number of halogens is 3. The number of ether oxygens (including phenoxy) is 1. The summed E-state index contributed by atoms with van der Waals surface area (Å²) in [5.41, 5.74) is 0.602. The number of rotatable bonds is 5. The molecule has 0 spiro atoms. The number of methoxy groups -OCH3 is 1. The second-order valence-electron chi connectivity index (χ2n) is 4.96. The fraction of sp³-hybridized carbons (Fsp3) is 0.176. The highest BCUT2D eigenvalue weighted by molar-refractivity contribution is 6.36. The van der Waals surface area contributed by atoms with E-state index in [0.29, 0.717) is 15.6 Å². The summed E-state index contributed by atoms with van der Waals surface area (Å²) in [4.78, 5) is 24.2. The maximum atomic E-state index is 13.2. The van der Waals surface area contributed by atoms with Gasteiger partial charge in [-0.25, -0.2) is 9.18 Å². The Labute approximate surface area is 148 Å². The van der Waals surface area contributed by atoms with Gasteiger partial charge in [0.05, 0.1) is 7.11 Å². The van der Waals surface area contributed by atoms with Crippen LogP contribution in [0.2, 0.25) is 10.0 Å². The van der Waals surface area contributed by atoms with E-state index < -0.39 is 23.7 Å². The predicted molar refractivity (Wildman–Crippen MR) is 89.8 cm³/mol. The van der Waals surface area contributed by atoms with Gasteiger partial charge in [0.25, 0.3) is 5.91 Å². The molecule has 0 saturated carbocycles. The third-order valence-electron chi connectivity index (χ3n) is 3.35. The van der Waals surface area contributed by atoms with Crippen molar-refractivity contribution >= 4 is 35.1 Å². The number of hydrogen-bond donors (Lipinski definition) is 1. The Bertz CT molecular complexity index is 747. The number of nitrogens with one attached hydrogen (secondary N) is 1. The standard InChI is InChI=1S/C17H14Cl2FNO3/c1-24-17(23)15(9-12-13(18)6-3-7-14(12)19)21-16(22)10-4-2-5-11(20)8-10/h2-8,15H,9H2,1H3,(H,21,22)/t15-/m1/s1. The second kappa shape index (κ2) is 8.13. The van der Waals surface area contributed by atoms with E-state index in [2.05, 4.69) is 5.32 Å². The van der Waals surface area contributed by atoms with Gasteiger partial charge in [0, 0.05) is 22.0 Å². The maximum absolute atomic E-state index is 13.2. The number of amides is 1. The Balaban J connectivity index is 2.23. The topological polar surface area (TPSA) is 55.4 Å². The van der Waals surface area contributed by atoms with E-state index in [-0.39, 0.29) is 12.0 Å². The monoisotopic (exact) mass is 369 g/mol. The molecule has 0 aliphatic carbocycles. The molecule has 0 fully saturated rings. The van der Waals surface area contributed by atoms with Gasteiger partial charge in [-0.3, -0.25) is 4.79 Å². The smallest absolute Gasteiger partial charge is 0.328 e. The lowest BCUT2D eigenvalue weighted by atomic mass is 10.0. The van der Waals surface area contributed by atoms with Crippen LogP contribution in [0.5, 0.6) is 0 Å². The molecule has 0 bridgehead atoms. The lowest BCUT2D eigenvalue weighted by Crippen LogP contribution is -2.43. The minimum atomic E-state index is -1.01. The summed E-state index contributed by atoms with van der Waals surface area (Å²) in [7, 11) is 1.21. The molecule has 4 nitrogen and oxygen atoms in total. The molecular formula is C17H14Cl2FNO3. The molecule has 1 amide bonds. The first-order valence-electron chi connectivity index (χ1n) is 6.99. The van der Waals surface area contributed by atoms with Crippen LogP contribution in [0, 0.1) is 5.82 Å². The zero-order chi connectivity index (χ0) is 17.7. The van der Waals surface area contributed by atoms with Gasteiger partial charge >= 0.3 is 5.97 Å². The van der Waals surface area contributed by atoms with Crippen LogP contribution in [0.1, 0.15) is 15.9 Å². The van der Waals surface area contributed by atoms with Crippen LogP contribution < -0.4 is 5.32 Å². The first kappa shape index (κ1) is 18.2. The van der Waals surface area contributed by atoms with Gasteiger partial charge in [-0.1, -0.05) is 35.3 Å². The largest absolute Gasteiger partial charge is 0.467 e. The van der Waals surface area contributed by atoms with Crippen LogP contribution in [0.3, 0.4) is 0 Å². The number of hydrogen-bond acceptors (Lipinski definition) is 3. The Morgan fingerprint density at radius 1 is 1.17 bits per heavy atom. The van der Waals surface area contributed by atoms with Crippen molar-refractivity contribution in [2.75, 3.05) is 7.11 Å². The number of carbonyl (C=O) groups is 2. The van der Waals surface area contributed by atoms with Crippen molar-refractivity contribution in [1.82, 2.24) is 5.32 Å². The van der Waals surface area contributed by atoms with Crippen LogP contribution >= 0.6 is 23.2 Å². The molecule has 1 atom stereocenters. The second-order valence-corrected chi connectivity index (χ2v) is 5.78. The average molecular weight is 370 g/mol. The predicted octanol–water partition coefficient (Wildman–Crippen LogP) is 3.65. The van der Waals surface area contributed by atoms with Crippen molar-refractivity contribution in [1.29, 1.82) is 0 Å². The lowest BCUT2D eigenvalue weighted by Gasteiger charge is -2.18. The van der Waals surface area contributed by atoms with Crippen molar-refractivity contribution in [3.63, 3.8) is 0 Å². The molecule has 0 radical (unpaired) electrons. The highest BCUT2D eigenvalue weighted by atomic mass is 35.5. The van der Waals surface area contributed by atoms with E-state index in [0.717, 1.165) is 6.07 Å². The van der Waals surface area contributed by atoms with Gasteiger partial charge in [0.15, 0.2) is 0 Å². The van der Waals surface area contributed by atoms with Gasteiger partial charge in [0.1, 0.15) is 11.9 Å². The van der Waals surface area contributed by atoms with Crippen LogP contribution in [-0.2, 0) is 16.0 Å². The summed E-state index contributed by atoms with van der Waals surface area (Å²) in [5.74, 6) is -1.81. The van der Waals surface area contributed by atoms with E-state index in [1.54, 1.807) is 18.2 Å². The highest BCUT2D eigenvalue weighted by Crippen LogP contribution is 2.25. The Hall–Kier alpha value is -2.11. The molecule has 0 heterocycles. The molecule has 126 valence electrons. The minimum absolute atomic E-state index is 0.0479. The van der Waals surface area contributed by atoms with Crippen molar-refractivity contribution in [3.05, 3.63) is 69.5 Å². The third kappa shape index (κ3) is 4.46. The number of esters is 1. The molecule has 0 unspecified atom stereocenters. The molecule has 2 aromatic rings. The summed E-state index contributed by atoms with van der Waals surface area (Å²) >= 11 is 12.2. The van der Waals surface area contributed by atoms with Gasteiger partial charge in [-0.2, -0.15) is 0 Å². The zero-order valence-electron chi connectivity index (χ0n) is 12.7. The van der Waals surface area contributed by atoms with E-state index in [9.17, 15) is 14.0 Å². The first-order valence-corrected chi connectivity index (χ1v) is 7.75. The maximum Gasteiger partial charge on any atom is 0.328 e. The highest BCUT2D eigenvalue weighted by Gasteiger charge is 2.24. The van der Waals surface area contributed by atoms with Crippen LogP contribution in [0.4, 0.5) is 4.39 Å². The molecular weight excluding hydrogens is 356 g/mol. The first-order chi connectivity index (χ1) is 11.4. The molecule has 0 aliphatic rings. The summed E-state index contributed by atoms with van der Waals surface area (Å²) in [6, 6.07) is 9.06. The third-order valence-corrected chi connectivity index (χ3v) is 4.06. The molecule has 1 N–H and O–H groups in total. The van der Waals surface area contributed by atoms with Crippen LogP contribution in [0.25, 0.3) is 0 Å². The van der Waals surface area contributed by atoms with Crippen molar-refractivity contribution < 1.29 is 18.7 Å². The van der Waals surface area contributed by atoms with Crippen molar-refractivity contribution in [2.24, 2.45) is 0 Å².